The lowest BCUT2D eigenvalue weighted by molar-refractivity contribution is 0.0976. The third-order valence-corrected chi connectivity index (χ3v) is 4.74. The van der Waals surface area contributed by atoms with Crippen molar-refractivity contribution in [3.8, 4) is 0 Å². The minimum absolute atomic E-state index is 0.0787. The van der Waals surface area contributed by atoms with E-state index in [-0.39, 0.29) is 11.3 Å². The van der Waals surface area contributed by atoms with Crippen molar-refractivity contribution in [1.82, 2.24) is 10.6 Å². The maximum Gasteiger partial charge on any atom is 0.257 e. The predicted molar refractivity (Wildman–Crippen MR) is 114 cm³/mol. The second kappa shape index (κ2) is 9.67. The van der Waals surface area contributed by atoms with Crippen LogP contribution in [0.25, 0.3) is 0 Å². The van der Waals surface area contributed by atoms with E-state index in [9.17, 15) is 4.79 Å². The molecule has 2 rings (SSSR count). The molecule has 140 valence electrons. The van der Waals surface area contributed by atoms with Gasteiger partial charge < -0.3 is 5.32 Å². The molecule has 0 saturated heterocycles. The Morgan fingerprint density at radius 1 is 1.12 bits per heavy atom. The van der Waals surface area contributed by atoms with E-state index in [0.29, 0.717) is 10.7 Å². The van der Waals surface area contributed by atoms with Gasteiger partial charge in [0.15, 0.2) is 5.11 Å². The lowest BCUT2D eigenvalue weighted by Crippen LogP contribution is -2.39. The summed E-state index contributed by atoms with van der Waals surface area (Å²) < 4.78 is 0. The van der Waals surface area contributed by atoms with E-state index < -0.39 is 0 Å². The number of amides is 1. The van der Waals surface area contributed by atoms with E-state index in [1.807, 2.05) is 24.3 Å². The summed E-state index contributed by atoms with van der Waals surface area (Å²) in [6.45, 7) is 7.24. The van der Waals surface area contributed by atoms with Crippen LogP contribution in [0.4, 0.5) is 0 Å². The molecule has 1 aliphatic carbocycles. The number of nitrogens with one attached hydrogen (secondary N) is 2. The first-order valence-electron chi connectivity index (χ1n) is 9.41. The van der Waals surface area contributed by atoms with Crippen molar-refractivity contribution in [2.24, 2.45) is 0 Å². The van der Waals surface area contributed by atoms with Crippen LogP contribution in [-0.2, 0) is 5.41 Å². The summed E-state index contributed by atoms with van der Waals surface area (Å²) >= 11 is 5.22. The molecule has 0 spiro atoms. The molecule has 1 aliphatic rings. The average Bonchev–Trinajstić information content (AvgIpc) is 2.61. The number of carbonyl (C=O) groups excluding carboxylic acids is 1. The zero-order chi connectivity index (χ0) is 19.0. The van der Waals surface area contributed by atoms with E-state index in [1.165, 1.54) is 11.1 Å². The highest BCUT2D eigenvalue weighted by Gasteiger charge is 2.14. The molecule has 4 heteroatoms. The van der Waals surface area contributed by atoms with E-state index in [4.69, 9.17) is 12.2 Å². The largest absolute Gasteiger partial charge is 0.362 e. The number of hydrogen-bond acceptors (Lipinski definition) is 2. The fourth-order valence-electron chi connectivity index (χ4n) is 2.85. The van der Waals surface area contributed by atoms with Gasteiger partial charge in [0.25, 0.3) is 5.91 Å². The third kappa shape index (κ3) is 6.75. The van der Waals surface area contributed by atoms with Crippen molar-refractivity contribution in [1.29, 1.82) is 0 Å². The Morgan fingerprint density at radius 2 is 1.85 bits per heavy atom. The third-order valence-electron chi connectivity index (χ3n) is 4.49. The van der Waals surface area contributed by atoms with Gasteiger partial charge in [-0.05, 0) is 67.4 Å². The average molecular weight is 371 g/mol. The van der Waals surface area contributed by atoms with Gasteiger partial charge in [0.2, 0.25) is 0 Å². The number of allylic oxidation sites excluding steroid dienone is 4. The fourth-order valence-corrected chi connectivity index (χ4v) is 3.04. The molecule has 2 N–H and O–H groups in total. The van der Waals surface area contributed by atoms with Crippen LogP contribution in [-0.4, -0.2) is 17.6 Å². The Kier molecular flexibility index (Phi) is 7.58. The molecule has 0 unspecified atom stereocenters. The monoisotopic (exact) mass is 370 g/mol. The molecule has 0 heterocycles. The topological polar surface area (TPSA) is 41.1 Å². The molecule has 0 saturated carbocycles. The Bertz CT molecular complexity index is 681. The van der Waals surface area contributed by atoms with Gasteiger partial charge in [-0.15, -0.1) is 0 Å². The molecule has 26 heavy (non-hydrogen) atoms. The van der Waals surface area contributed by atoms with Crippen LogP contribution in [0.2, 0.25) is 0 Å². The summed E-state index contributed by atoms with van der Waals surface area (Å²) in [5.74, 6) is -0.166. The van der Waals surface area contributed by atoms with Crippen LogP contribution < -0.4 is 10.6 Å². The summed E-state index contributed by atoms with van der Waals surface area (Å²) in [6, 6.07) is 7.70. The van der Waals surface area contributed by atoms with Gasteiger partial charge in [0.05, 0.1) is 0 Å². The highest BCUT2D eigenvalue weighted by Crippen LogP contribution is 2.22. The second-order valence-corrected chi connectivity index (χ2v) is 8.16. The number of rotatable bonds is 6. The molecule has 0 aliphatic heterocycles. The normalized spacial score (nSPS) is 13.9. The minimum Gasteiger partial charge on any atom is -0.362 e. The van der Waals surface area contributed by atoms with Gasteiger partial charge in [-0.25, -0.2) is 0 Å². The maximum atomic E-state index is 12.3. The van der Waals surface area contributed by atoms with E-state index >= 15 is 0 Å². The van der Waals surface area contributed by atoms with Crippen LogP contribution in [0, 0.1) is 0 Å². The van der Waals surface area contributed by atoms with Gasteiger partial charge in [0, 0.05) is 12.1 Å². The van der Waals surface area contributed by atoms with E-state index in [2.05, 4.69) is 49.6 Å². The first-order valence-corrected chi connectivity index (χ1v) is 9.82. The number of carbonyl (C=O) groups is 1. The van der Waals surface area contributed by atoms with Gasteiger partial charge in [-0.2, -0.15) is 0 Å². The molecule has 1 amide bonds. The van der Waals surface area contributed by atoms with E-state index in [1.54, 1.807) is 0 Å². The summed E-state index contributed by atoms with van der Waals surface area (Å²) in [7, 11) is 0. The van der Waals surface area contributed by atoms with Gasteiger partial charge in [-0.3, -0.25) is 10.1 Å². The highest BCUT2D eigenvalue weighted by atomic mass is 32.1. The molecule has 1 aromatic rings. The summed E-state index contributed by atoms with van der Waals surface area (Å²) in [5.41, 5.74) is 3.34. The Hall–Kier alpha value is -1.94. The summed E-state index contributed by atoms with van der Waals surface area (Å²) in [5, 5.41) is 6.27. The summed E-state index contributed by atoms with van der Waals surface area (Å²) in [4.78, 5) is 12.3. The molecule has 0 aromatic heterocycles. The van der Waals surface area contributed by atoms with Gasteiger partial charge in [-0.1, -0.05) is 56.7 Å². The first-order chi connectivity index (χ1) is 12.4. The van der Waals surface area contributed by atoms with Crippen molar-refractivity contribution in [2.45, 2.75) is 58.3 Å². The van der Waals surface area contributed by atoms with Gasteiger partial charge in [0.1, 0.15) is 0 Å². The minimum atomic E-state index is -0.166. The predicted octanol–water partition coefficient (Wildman–Crippen LogP) is 5.04. The maximum absolute atomic E-state index is 12.3. The number of hydrogen-bond donors (Lipinski definition) is 2. The van der Waals surface area contributed by atoms with Crippen molar-refractivity contribution < 1.29 is 4.79 Å². The molecule has 3 nitrogen and oxygen atoms in total. The number of thiocarbonyl (C=S) groups is 1. The number of benzene rings is 1. The molecule has 0 radical (unpaired) electrons. The molecule has 0 bridgehead atoms. The Labute approximate surface area is 163 Å². The van der Waals surface area contributed by atoms with Gasteiger partial charge >= 0.3 is 0 Å². The molecule has 0 atom stereocenters. The molecular weight excluding hydrogens is 340 g/mol. The zero-order valence-electron chi connectivity index (χ0n) is 16.1. The van der Waals surface area contributed by atoms with Crippen LogP contribution in [0.15, 0.2) is 48.1 Å². The van der Waals surface area contributed by atoms with Crippen LogP contribution >= 0.6 is 12.2 Å². The van der Waals surface area contributed by atoms with Crippen molar-refractivity contribution >= 4 is 23.2 Å². The standard InChI is InChI=1S/C22H30N2OS/c1-22(2,3)19-14-12-18(13-15-19)20(25)24-21(26)23-16-8-7-11-17-9-5-4-6-10-17/h5,9-10,12-15H,4,6-8,11,16H2,1-3H3,(H2,23,24,25,26). The first kappa shape index (κ1) is 20.4. The smallest absolute Gasteiger partial charge is 0.257 e. The SMILES string of the molecule is CC(C)(C)c1ccc(C(=O)NC(=S)NCCCCC2=CCCC=C2)cc1. The van der Waals surface area contributed by atoms with E-state index in [0.717, 1.165) is 38.6 Å². The highest BCUT2D eigenvalue weighted by molar-refractivity contribution is 7.80. The lowest BCUT2D eigenvalue weighted by Gasteiger charge is -2.19. The van der Waals surface area contributed by atoms with Crippen molar-refractivity contribution in [2.75, 3.05) is 6.54 Å². The lowest BCUT2D eigenvalue weighted by atomic mass is 9.87. The molecule has 0 fully saturated rings. The van der Waals surface area contributed by atoms with Crippen molar-refractivity contribution in [3.63, 3.8) is 0 Å². The molecule has 1 aromatic carbocycles. The van der Waals surface area contributed by atoms with Crippen molar-refractivity contribution in [3.05, 3.63) is 59.2 Å². The molecular formula is C22H30N2OS. The summed E-state index contributed by atoms with van der Waals surface area (Å²) in [6.07, 6.45) is 12.4. The van der Waals surface area contributed by atoms with Crippen LogP contribution in [0.3, 0.4) is 0 Å². The second-order valence-electron chi connectivity index (χ2n) is 7.75. The Morgan fingerprint density at radius 3 is 2.46 bits per heavy atom. The zero-order valence-corrected chi connectivity index (χ0v) is 16.9. The fraction of sp³-hybridized carbons (Fsp3) is 0.455. The van der Waals surface area contributed by atoms with Crippen LogP contribution in [0.1, 0.15) is 68.8 Å². The van der Waals surface area contributed by atoms with Crippen LogP contribution in [0.5, 0.6) is 0 Å². The number of unbranched alkanes of at least 4 members (excludes halogenated alkanes) is 1. The quantitative estimate of drug-likeness (QED) is 0.545. The Balaban J connectivity index is 1.67.